The van der Waals surface area contributed by atoms with Crippen LogP contribution in [0, 0.1) is 13.8 Å². The number of nitrogens with one attached hydrogen (secondary N) is 1. The van der Waals surface area contributed by atoms with E-state index >= 15 is 0 Å². The maximum Gasteiger partial charge on any atom is 0.386 e. The molecule has 1 aliphatic rings. The van der Waals surface area contributed by atoms with Gasteiger partial charge in [0.15, 0.2) is 0 Å². The molecule has 0 spiro atoms. The average molecular weight is 647 g/mol. The molecule has 2 heterocycles. The summed E-state index contributed by atoms with van der Waals surface area (Å²) < 4.78 is 33.4. The molecular formula is C42H57F3N2. The lowest BCUT2D eigenvalue weighted by molar-refractivity contribution is -0.110. The Labute approximate surface area is 283 Å². The van der Waals surface area contributed by atoms with Crippen LogP contribution >= 0.6 is 0 Å². The van der Waals surface area contributed by atoms with Gasteiger partial charge in [0.1, 0.15) is 0 Å². The number of halogens is 3. The van der Waals surface area contributed by atoms with E-state index in [1.165, 1.54) is 39.6 Å². The van der Waals surface area contributed by atoms with Gasteiger partial charge in [-0.1, -0.05) is 132 Å². The normalized spacial score (nSPS) is 11.8. The summed E-state index contributed by atoms with van der Waals surface area (Å²) in [5, 5.41) is 4.47. The molecule has 2 aromatic carbocycles. The topological polar surface area (TPSA) is 17.0 Å². The van der Waals surface area contributed by atoms with Gasteiger partial charge in [-0.2, -0.15) is 13.2 Å². The van der Waals surface area contributed by atoms with Crippen LogP contribution in [-0.2, 0) is 6.54 Å². The number of alkyl halides is 3. The average Bonchev–Trinajstić information content (AvgIpc) is 3.33. The van der Waals surface area contributed by atoms with Gasteiger partial charge in [-0.25, -0.2) is 0 Å². The van der Waals surface area contributed by atoms with Crippen LogP contribution in [0.25, 0.3) is 22.0 Å². The Morgan fingerprint density at radius 1 is 0.979 bits per heavy atom. The molecule has 5 heteroatoms. The molecule has 0 bridgehead atoms. The maximum absolute atomic E-state index is 10.4. The molecule has 0 amide bonds. The predicted molar refractivity (Wildman–Crippen MR) is 205 cm³/mol. The molecule has 0 saturated heterocycles. The van der Waals surface area contributed by atoms with Gasteiger partial charge in [-0.15, -0.1) is 13.2 Å². The van der Waals surface area contributed by atoms with Crippen molar-refractivity contribution in [3.63, 3.8) is 0 Å². The van der Waals surface area contributed by atoms with Crippen LogP contribution in [0.5, 0.6) is 0 Å². The molecular weight excluding hydrogens is 589 g/mol. The number of fused-ring (bicyclic) bond motifs is 1. The summed E-state index contributed by atoms with van der Waals surface area (Å²) in [5.74, 6) is 0. The summed E-state index contributed by atoms with van der Waals surface area (Å²) in [4.78, 5) is 0. The minimum atomic E-state index is -4.00. The third-order valence-electron chi connectivity index (χ3n) is 5.83. The van der Waals surface area contributed by atoms with E-state index in [-0.39, 0.29) is 6.92 Å². The van der Waals surface area contributed by atoms with Gasteiger partial charge in [-0.3, -0.25) is 0 Å². The van der Waals surface area contributed by atoms with Crippen molar-refractivity contribution >= 4 is 22.0 Å². The number of hydrogen-bond acceptors (Lipinski definition) is 1. The second kappa shape index (κ2) is 24.7. The van der Waals surface area contributed by atoms with Crippen molar-refractivity contribution in [2.24, 2.45) is 0 Å². The largest absolute Gasteiger partial charge is 0.386 e. The van der Waals surface area contributed by atoms with Crippen molar-refractivity contribution in [1.29, 1.82) is 0 Å². The molecule has 0 radical (unpaired) electrons. The van der Waals surface area contributed by atoms with Crippen molar-refractivity contribution in [2.75, 3.05) is 0 Å². The molecule has 47 heavy (non-hydrogen) atoms. The molecule has 3 aromatic rings. The molecule has 0 unspecified atom stereocenters. The van der Waals surface area contributed by atoms with Crippen LogP contribution in [0.4, 0.5) is 13.2 Å². The highest BCUT2D eigenvalue weighted by Crippen LogP contribution is 2.39. The lowest BCUT2D eigenvalue weighted by Crippen LogP contribution is -2.10. The Kier molecular flexibility index (Phi) is 23.4. The highest BCUT2D eigenvalue weighted by molar-refractivity contribution is 6.02. The summed E-state index contributed by atoms with van der Waals surface area (Å²) in [6, 6.07) is 16.9. The molecule has 0 aliphatic carbocycles. The lowest BCUT2D eigenvalue weighted by atomic mass is 9.95. The zero-order chi connectivity index (χ0) is 36.6. The number of hydrogen-bond donors (Lipinski definition) is 1. The van der Waals surface area contributed by atoms with E-state index < -0.39 is 6.18 Å². The molecule has 1 N–H and O–H groups in total. The summed E-state index contributed by atoms with van der Waals surface area (Å²) in [7, 11) is 0. The Morgan fingerprint density at radius 2 is 1.53 bits per heavy atom. The number of nitrogens with zero attached hydrogens (tertiary/aromatic N) is 1. The number of allylic oxidation sites excluding steroid dienone is 9. The summed E-state index contributed by atoms with van der Waals surface area (Å²) >= 11 is 0. The molecule has 256 valence electrons. The summed E-state index contributed by atoms with van der Waals surface area (Å²) in [6.45, 7) is 35.9. The standard InChI is InChI=1S/C26H28N2.C7H8.C3H8.C2H3F3.C2H6.C2H4/c1-7-10-21(11-8-2)17-28-24-14-13-19(5)16-23(24)25(26(28)18(3)4)22-12-9-15-27-20(22)6;1-7-5-3-2-4-6-7;1-3-2;1-2(3,4)5;2*1-2/h7-16,27H,1,3,6,17H2,2,4-5H3;2-6H,1H3;3H2,1-2H3;1H3;1-2H3;1-2H2/b11-8-,21-10+;;;;;. The fraction of sp³-hybridized carbons (Fsp3) is 0.286. The zero-order valence-corrected chi connectivity index (χ0v) is 30.2. The van der Waals surface area contributed by atoms with E-state index in [0.717, 1.165) is 29.1 Å². The van der Waals surface area contributed by atoms with Crippen molar-refractivity contribution < 1.29 is 13.2 Å². The van der Waals surface area contributed by atoms with Crippen molar-refractivity contribution in [3.8, 4) is 0 Å². The maximum atomic E-state index is 10.4. The van der Waals surface area contributed by atoms with Crippen molar-refractivity contribution in [2.45, 2.75) is 81.5 Å². The number of dihydropyridines is 1. The van der Waals surface area contributed by atoms with Gasteiger partial charge < -0.3 is 9.88 Å². The highest BCUT2D eigenvalue weighted by atomic mass is 19.4. The molecule has 1 aromatic heterocycles. The van der Waals surface area contributed by atoms with Crippen LogP contribution in [0.2, 0.25) is 0 Å². The fourth-order valence-corrected chi connectivity index (χ4v) is 4.30. The predicted octanol–water partition coefficient (Wildman–Crippen LogP) is 13.5. The monoisotopic (exact) mass is 646 g/mol. The third kappa shape index (κ3) is 17.1. The van der Waals surface area contributed by atoms with Gasteiger partial charge in [-0.05, 0) is 57.0 Å². The third-order valence-corrected chi connectivity index (χ3v) is 5.83. The van der Waals surface area contributed by atoms with Crippen LogP contribution in [-0.4, -0.2) is 10.7 Å². The lowest BCUT2D eigenvalue weighted by Gasteiger charge is -2.17. The van der Waals surface area contributed by atoms with Gasteiger partial charge in [0.25, 0.3) is 0 Å². The minimum Gasteiger partial charge on any atom is -0.362 e. The zero-order valence-electron chi connectivity index (χ0n) is 30.2. The van der Waals surface area contributed by atoms with Crippen LogP contribution < -0.4 is 5.32 Å². The Balaban J connectivity index is 0. The Bertz CT molecular complexity index is 1490. The first kappa shape index (κ1) is 44.6. The Hall–Kier alpha value is -4.51. The van der Waals surface area contributed by atoms with E-state index in [0.29, 0.717) is 0 Å². The first-order valence-corrected chi connectivity index (χ1v) is 15.9. The second-order valence-electron chi connectivity index (χ2n) is 10.3. The number of aryl methyl sites for hydroxylation is 2. The summed E-state index contributed by atoms with van der Waals surface area (Å²) in [5.41, 5.74) is 10.3. The second-order valence-corrected chi connectivity index (χ2v) is 10.3. The summed E-state index contributed by atoms with van der Waals surface area (Å²) in [6.07, 6.45) is 11.4. The van der Waals surface area contributed by atoms with E-state index in [9.17, 15) is 13.2 Å². The van der Waals surface area contributed by atoms with Crippen LogP contribution in [0.3, 0.4) is 0 Å². The molecule has 0 atom stereocenters. The Morgan fingerprint density at radius 3 is 1.96 bits per heavy atom. The first-order chi connectivity index (χ1) is 22.3. The SMILES string of the molecule is C=C.C=C/C=C(\C=C/C)Cn1c(C(=C)C)c(C2=CC=CNC2=C)c2cc(C)ccc21.CC.CC(F)(F)F.CCC.Cc1ccccc1. The van der Waals surface area contributed by atoms with E-state index in [2.05, 4.69) is 132 Å². The number of rotatable bonds is 6. The minimum absolute atomic E-state index is 0.188. The van der Waals surface area contributed by atoms with E-state index in [1.807, 2.05) is 57.3 Å². The van der Waals surface area contributed by atoms with Gasteiger partial charge >= 0.3 is 6.18 Å². The van der Waals surface area contributed by atoms with Crippen LogP contribution in [0.15, 0.2) is 135 Å². The van der Waals surface area contributed by atoms with Gasteiger partial charge in [0.05, 0.1) is 5.69 Å². The molecule has 0 fully saturated rings. The highest BCUT2D eigenvalue weighted by Gasteiger charge is 2.22. The van der Waals surface area contributed by atoms with E-state index in [4.69, 9.17) is 0 Å². The number of benzene rings is 2. The molecule has 4 rings (SSSR count). The first-order valence-electron chi connectivity index (χ1n) is 15.9. The molecule has 2 nitrogen and oxygen atoms in total. The van der Waals surface area contributed by atoms with E-state index in [1.54, 1.807) is 0 Å². The molecule has 0 saturated carbocycles. The quantitative estimate of drug-likeness (QED) is 0.208. The van der Waals surface area contributed by atoms with Crippen LogP contribution in [0.1, 0.15) is 77.3 Å². The fourth-order valence-electron chi connectivity index (χ4n) is 4.30. The van der Waals surface area contributed by atoms with Gasteiger partial charge in [0, 0.05) is 47.4 Å². The molecule has 1 aliphatic heterocycles. The number of aromatic nitrogens is 1. The van der Waals surface area contributed by atoms with Gasteiger partial charge in [0.2, 0.25) is 0 Å². The smallest absolute Gasteiger partial charge is 0.362 e. The van der Waals surface area contributed by atoms with Crippen molar-refractivity contribution in [3.05, 3.63) is 158 Å². The van der Waals surface area contributed by atoms with Crippen molar-refractivity contribution in [1.82, 2.24) is 9.88 Å².